The molecule has 0 heterocycles. The van der Waals surface area contributed by atoms with Gasteiger partial charge in [0.1, 0.15) is 0 Å². The molecule has 0 aromatic heterocycles. The third-order valence-electron chi connectivity index (χ3n) is 3.84. The van der Waals surface area contributed by atoms with Crippen LogP contribution in [0.1, 0.15) is 65.2 Å². The van der Waals surface area contributed by atoms with Crippen LogP contribution in [-0.4, -0.2) is 12.7 Å². The van der Waals surface area contributed by atoms with Crippen LogP contribution in [-0.2, 0) is 4.74 Å². The predicted molar refractivity (Wildman–Crippen MR) is 70.6 cm³/mol. The molecule has 0 N–H and O–H groups in total. The van der Waals surface area contributed by atoms with Gasteiger partial charge in [0.15, 0.2) is 0 Å². The molecule has 98 valence electrons. The summed E-state index contributed by atoms with van der Waals surface area (Å²) in [5.74, 6) is 0.936. The zero-order valence-electron chi connectivity index (χ0n) is 11.5. The minimum atomic E-state index is 0.143. The Kier molecular flexibility index (Phi) is 7.28. The first-order valence-corrected chi connectivity index (χ1v) is 7.33. The fourth-order valence-electron chi connectivity index (χ4n) is 2.80. The zero-order valence-corrected chi connectivity index (χ0v) is 11.5. The first-order chi connectivity index (χ1) is 8.31. The molecule has 0 aromatic carbocycles. The molecule has 0 spiro atoms. The molecule has 1 rings (SSSR count). The fourth-order valence-corrected chi connectivity index (χ4v) is 2.80. The highest BCUT2D eigenvalue weighted by Gasteiger charge is 2.30. The molecule has 0 saturated heterocycles. The lowest BCUT2D eigenvalue weighted by Gasteiger charge is -2.32. The Bertz CT molecular complexity index is 234. The summed E-state index contributed by atoms with van der Waals surface area (Å²) in [7, 11) is 0. The van der Waals surface area contributed by atoms with Crippen LogP contribution < -0.4 is 0 Å². The molecule has 0 radical (unpaired) electrons. The van der Waals surface area contributed by atoms with Gasteiger partial charge in [-0.25, -0.2) is 0 Å². The van der Waals surface area contributed by atoms with Gasteiger partial charge in [-0.3, -0.25) is 0 Å². The molecule has 1 aliphatic carbocycles. The maximum absolute atomic E-state index is 9.15. The quantitative estimate of drug-likeness (QED) is 0.618. The lowest BCUT2D eigenvalue weighted by molar-refractivity contribution is -0.0122. The Labute approximate surface area is 106 Å². The average Bonchev–Trinajstić information content (AvgIpc) is 2.35. The molecule has 2 heteroatoms. The van der Waals surface area contributed by atoms with Gasteiger partial charge in [-0.05, 0) is 31.6 Å². The fraction of sp³-hybridized carbons (Fsp3) is 0.933. The van der Waals surface area contributed by atoms with Crippen LogP contribution in [0.25, 0.3) is 0 Å². The molecule has 17 heavy (non-hydrogen) atoms. The third-order valence-corrected chi connectivity index (χ3v) is 3.84. The zero-order chi connectivity index (χ0) is 12.5. The Balaban J connectivity index is 2.32. The molecule has 1 saturated carbocycles. The Morgan fingerprint density at radius 3 is 2.65 bits per heavy atom. The largest absolute Gasteiger partial charge is 0.377 e. The van der Waals surface area contributed by atoms with E-state index < -0.39 is 0 Å². The molecular weight excluding hydrogens is 210 g/mol. The molecule has 0 bridgehead atoms. The molecular formula is C15H27NO. The first kappa shape index (κ1) is 14.5. The van der Waals surface area contributed by atoms with E-state index in [2.05, 4.69) is 19.9 Å². The number of hydrogen-bond donors (Lipinski definition) is 0. The maximum Gasteiger partial charge on any atom is 0.0735 e. The summed E-state index contributed by atoms with van der Waals surface area (Å²) in [5.41, 5.74) is 0. The van der Waals surface area contributed by atoms with Crippen LogP contribution in [0.2, 0.25) is 0 Å². The molecule has 1 fully saturated rings. The van der Waals surface area contributed by atoms with Gasteiger partial charge in [0, 0.05) is 6.61 Å². The molecule has 2 nitrogen and oxygen atoms in total. The summed E-state index contributed by atoms with van der Waals surface area (Å²) in [6.45, 7) is 5.29. The second-order valence-electron chi connectivity index (χ2n) is 5.32. The van der Waals surface area contributed by atoms with E-state index in [1.54, 1.807) is 0 Å². The smallest absolute Gasteiger partial charge is 0.0735 e. The van der Waals surface area contributed by atoms with E-state index in [0.29, 0.717) is 0 Å². The standard InChI is InChI=1S/C15H27NO/c1-3-5-6-10-17-15-11-13(7-4-2)8-9-14(15)12-16/h13-15H,3-11H2,1-2H3. The van der Waals surface area contributed by atoms with Gasteiger partial charge in [0.05, 0.1) is 18.1 Å². The Morgan fingerprint density at radius 1 is 1.18 bits per heavy atom. The van der Waals surface area contributed by atoms with Crippen molar-refractivity contribution < 1.29 is 4.74 Å². The summed E-state index contributed by atoms with van der Waals surface area (Å²) in [6.07, 6.45) is 9.75. The van der Waals surface area contributed by atoms with Crippen LogP contribution in [0.4, 0.5) is 0 Å². The van der Waals surface area contributed by atoms with Crippen molar-refractivity contribution in [1.82, 2.24) is 0 Å². The van der Waals surface area contributed by atoms with E-state index in [9.17, 15) is 0 Å². The summed E-state index contributed by atoms with van der Waals surface area (Å²) in [6, 6.07) is 2.43. The average molecular weight is 237 g/mol. The van der Waals surface area contributed by atoms with Gasteiger partial charge in [-0.2, -0.15) is 5.26 Å². The lowest BCUT2D eigenvalue weighted by Crippen LogP contribution is -2.31. The molecule has 3 atom stereocenters. The highest BCUT2D eigenvalue weighted by atomic mass is 16.5. The monoisotopic (exact) mass is 237 g/mol. The molecule has 3 unspecified atom stereocenters. The van der Waals surface area contributed by atoms with Crippen molar-refractivity contribution in [2.45, 2.75) is 71.3 Å². The minimum absolute atomic E-state index is 0.143. The van der Waals surface area contributed by atoms with Crippen LogP contribution in [0.3, 0.4) is 0 Å². The van der Waals surface area contributed by atoms with Crippen molar-refractivity contribution >= 4 is 0 Å². The van der Waals surface area contributed by atoms with E-state index >= 15 is 0 Å². The number of unbranched alkanes of at least 4 members (excludes halogenated alkanes) is 2. The number of nitriles is 1. The Morgan fingerprint density at radius 2 is 2.00 bits per heavy atom. The highest BCUT2D eigenvalue weighted by molar-refractivity contribution is 4.93. The topological polar surface area (TPSA) is 33.0 Å². The number of nitrogens with zero attached hydrogens (tertiary/aromatic N) is 1. The molecule has 1 aliphatic rings. The first-order valence-electron chi connectivity index (χ1n) is 7.33. The van der Waals surface area contributed by atoms with Crippen molar-refractivity contribution in [3.8, 4) is 6.07 Å². The van der Waals surface area contributed by atoms with Crippen LogP contribution in [0.15, 0.2) is 0 Å². The van der Waals surface area contributed by atoms with Crippen molar-refractivity contribution in [2.24, 2.45) is 11.8 Å². The third kappa shape index (κ3) is 5.08. The van der Waals surface area contributed by atoms with Crippen molar-refractivity contribution in [3.63, 3.8) is 0 Å². The number of hydrogen-bond acceptors (Lipinski definition) is 2. The van der Waals surface area contributed by atoms with Crippen molar-refractivity contribution in [2.75, 3.05) is 6.61 Å². The number of rotatable bonds is 7. The maximum atomic E-state index is 9.15. The number of ether oxygens (including phenoxy) is 1. The van der Waals surface area contributed by atoms with Gasteiger partial charge in [0.25, 0.3) is 0 Å². The van der Waals surface area contributed by atoms with Gasteiger partial charge in [-0.15, -0.1) is 0 Å². The van der Waals surface area contributed by atoms with Crippen LogP contribution in [0.5, 0.6) is 0 Å². The SMILES string of the molecule is CCCCCOC1CC(CCC)CCC1C#N. The summed E-state index contributed by atoms with van der Waals surface area (Å²) < 4.78 is 5.94. The van der Waals surface area contributed by atoms with E-state index in [1.165, 1.54) is 32.1 Å². The predicted octanol–water partition coefficient (Wildman–Crippen LogP) is 4.30. The molecule has 0 aliphatic heterocycles. The van der Waals surface area contributed by atoms with Gasteiger partial charge < -0.3 is 4.74 Å². The van der Waals surface area contributed by atoms with Gasteiger partial charge >= 0.3 is 0 Å². The molecule has 0 amide bonds. The molecule has 0 aromatic rings. The lowest BCUT2D eigenvalue weighted by atomic mass is 9.78. The van der Waals surface area contributed by atoms with Gasteiger partial charge in [-0.1, -0.05) is 39.5 Å². The van der Waals surface area contributed by atoms with E-state index in [-0.39, 0.29) is 12.0 Å². The van der Waals surface area contributed by atoms with Crippen molar-refractivity contribution in [1.29, 1.82) is 5.26 Å². The van der Waals surface area contributed by atoms with Crippen LogP contribution in [0, 0.1) is 23.2 Å². The van der Waals surface area contributed by atoms with Crippen LogP contribution >= 0.6 is 0 Å². The second-order valence-corrected chi connectivity index (χ2v) is 5.32. The highest BCUT2D eigenvalue weighted by Crippen LogP contribution is 2.33. The van der Waals surface area contributed by atoms with E-state index in [1.807, 2.05) is 0 Å². The summed E-state index contributed by atoms with van der Waals surface area (Å²) in [5, 5.41) is 9.15. The van der Waals surface area contributed by atoms with Crippen molar-refractivity contribution in [3.05, 3.63) is 0 Å². The Hall–Kier alpha value is -0.550. The summed E-state index contributed by atoms with van der Waals surface area (Å²) in [4.78, 5) is 0. The van der Waals surface area contributed by atoms with E-state index in [4.69, 9.17) is 10.00 Å². The minimum Gasteiger partial charge on any atom is -0.377 e. The van der Waals surface area contributed by atoms with Gasteiger partial charge in [0.2, 0.25) is 0 Å². The van der Waals surface area contributed by atoms with E-state index in [0.717, 1.165) is 31.8 Å². The second kappa shape index (κ2) is 8.53. The normalized spacial score (nSPS) is 28.9. The summed E-state index contributed by atoms with van der Waals surface area (Å²) >= 11 is 0.